The molecule has 1 aliphatic heterocycles. The number of guanidine groups is 1. The Morgan fingerprint density at radius 2 is 1.97 bits per heavy atom. The SMILES string of the molecule is CN=C(NCc1ccc(OC)c(F)c1)NC(C)c1cccc(N2CCCC2)c1.I. The Labute approximate surface area is 189 Å². The quantitative estimate of drug-likeness (QED) is 0.341. The lowest BCUT2D eigenvalue weighted by atomic mass is 10.1. The van der Waals surface area contributed by atoms with Gasteiger partial charge in [0.15, 0.2) is 17.5 Å². The molecular formula is C22H30FIN4O. The molecule has 7 heteroatoms. The molecule has 3 rings (SSSR count). The summed E-state index contributed by atoms with van der Waals surface area (Å²) in [5, 5.41) is 6.65. The zero-order valence-corrected chi connectivity index (χ0v) is 19.6. The predicted octanol–water partition coefficient (Wildman–Crippen LogP) is 4.48. The largest absolute Gasteiger partial charge is 0.494 e. The van der Waals surface area contributed by atoms with E-state index in [2.05, 4.69) is 51.7 Å². The minimum Gasteiger partial charge on any atom is -0.494 e. The van der Waals surface area contributed by atoms with E-state index in [1.54, 1.807) is 13.1 Å². The van der Waals surface area contributed by atoms with Gasteiger partial charge < -0.3 is 20.3 Å². The molecular weight excluding hydrogens is 482 g/mol. The highest BCUT2D eigenvalue weighted by molar-refractivity contribution is 14.0. The Kier molecular flexibility index (Phi) is 9.00. The summed E-state index contributed by atoms with van der Waals surface area (Å²) in [4.78, 5) is 6.72. The van der Waals surface area contributed by atoms with Crippen LogP contribution in [-0.4, -0.2) is 33.2 Å². The van der Waals surface area contributed by atoms with E-state index >= 15 is 0 Å². The molecule has 1 heterocycles. The second kappa shape index (κ2) is 11.2. The zero-order valence-electron chi connectivity index (χ0n) is 17.2. The number of nitrogens with one attached hydrogen (secondary N) is 2. The van der Waals surface area contributed by atoms with Gasteiger partial charge >= 0.3 is 0 Å². The van der Waals surface area contributed by atoms with Crippen molar-refractivity contribution in [3.63, 3.8) is 0 Å². The van der Waals surface area contributed by atoms with Crippen LogP contribution in [0.1, 0.15) is 36.9 Å². The maximum Gasteiger partial charge on any atom is 0.191 e. The van der Waals surface area contributed by atoms with E-state index in [4.69, 9.17) is 4.74 Å². The molecule has 0 amide bonds. The number of aliphatic imine (C=N–C) groups is 1. The van der Waals surface area contributed by atoms with Gasteiger partial charge in [-0.05, 0) is 55.2 Å². The molecule has 2 aromatic rings. The van der Waals surface area contributed by atoms with Crippen molar-refractivity contribution in [3.05, 3.63) is 59.4 Å². The van der Waals surface area contributed by atoms with E-state index in [1.165, 1.54) is 37.3 Å². The van der Waals surface area contributed by atoms with Gasteiger partial charge in [0.2, 0.25) is 0 Å². The summed E-state index contributed by atoms with van der Waals surface area (Å²) in [6, 6.07) is 13.7. The molecule has 1 unspecified atom stereocenters. The third-order valence-corrected chi connectivity index (χ3v) is 5.09. The first-order chi connectivity index (χ1) is 13.6. The van der Waals surface area contributed by atoms with Crippen molar-refractivity contribution in [2.75, 3.05) is 32.1 Å². The molecule has 0 aromatic heterocycles. The van der Waals surface area contributed by atoms with Gasteiger partial charge in [0.1, 0.15) is 0 Å². The van der Waals surface area contributed by atoms with Gasteiger partial charge in [0.05, 0.1) is 13.2 Å². The van der Waals surface area contributed by atoms with E-state index in [9.17, 15) is 4.39 Å². The lowest BCUT2D eigenvalue weighted by Crippen LogP contribution is -2.38. The average Bonchev–Trinajstić information content (AvgIpc) is 3.26. The fourth-order valence-electron chi connectivity index (χ4n) is 3.45. The molecule has 5 nitrogen and oxygen atoms in total. The van der Waals surface area contributed by atoms with Gasteiger partial charge in [-0.1, -0.05) is 18.2 Å². The third kappa shape index (κ3) is 6.22. The third-order valence-electron chi connectivity index (χ3n) is 5.09. The predicted molar refractivity (Wildman–Crippen MR) is 128 cm³/mol. The Morgan fingerprint density at radius 3 is 2.62 bits per heavy atom. The highest BCUT2D eigenvalue weighted by atomic mass is 127. The molecule has 1 atom stereocenters. The topological polar surface area (TPSA) is 48.9 Å². The van der Waals surface area contributed by atoms with Crippen LogP contribution in [0.15, 0.2) is 47.5 Å². The Morgan fingerprint density at radius 1 is 1.21 bits per heavy atom. The molecule has 0 radical (unpaired) electrons. The maximum atomic E-state index is 13.9. The summed E-state index contributed by atoms with van der Waals surface area (Å²) in [5.41, 5.74) is 3.31. The van der Waals surface area contributed by atoms with Crippen LogP contribution in [0.25, 0.3) is 0 Å². The molecule has 0 bridgehead atoms. The van der Waals surface area contributed by atoms with Crippen molar-refractivity contribution >= 4 is 35.6 Å². The lowest BCUT2D eigenvalue weighted by molar-refractivity contribution is 0.386. The first-order valence-corrected chi connectivity index (χ1v) is 9.75. The van der Waals surface area contributed by atoms with Crippen LogP contribution in [0.5, 0.6) is 5.75 Å². The number of nitrogens with zero attached hydrogens (tertiary/aromatic N) is 2. The van der Waals surface area contributed by atoms with Crippen LogP contribution in [-0.2, 0) is 6.54 Å². The molecule has 0 aliphatic carbocycles. The van der Waals surface area contributed by atoms with E-state index in [0.717, 1.165) is 18.7 Å². The van der Waals surface area contributed by atoms with Crippen LogP contribution in [0.4, 0.5) is 10.1 Å². The minimum absolute atomic E-state index is 0. The maximum absolute atomic E-state index is 13.9. The van der Waals surface area contributed by atoms with Gasteiger partial charge in [-0.15, -0.1) is 24.0 Å². The molecule has 0 saturated carbocycles. The summed E-state index contributed by atoms with van der Waals surface area (Å²) in [5.74, 6) is 0.560. The first kappa shape index (κ1) is 23.3. The Bertz CT molecular complexity index is 824. The number of hydrogen-bond acceptors (Lipinski definition) is 3. The normalized spacial score (nSPS) is 14.9. The fourth-order valence-corrected chi connectivity index (χ4v) is 3.45. The second-order valence-electron chi connectivity index (χ2n) is 7.05. The summed E-state index contributed by atoms with van der Waals surface area (Å²) < 4.78 is 18.8. The number of hydrogen-bond donors (Lipinski definition) is 2. The molecule has 158 valence electrons. The van der Waals surface area contributed by atoms with E-state index < -0.39 is 0 Å². The Balaban J connectivity index is 0.00000300. The molecule has 1 saturated heterocycles. The standard InChI is InChI=1S/C22H29FN4O.HI/c1-16(18-7-6-8-19(14-18)27-11-4-5-12-27)26-22(24-2)25-15-17-9-10-21(28-3)20(23)13-17;/h6-10,13-14,16H,4-5,11-12,15H2,1-3H3,(H2,24,25,26);1H. The number of ether oxygens (including phenoxy) is 1. The van der Waals surface area contributed by atoms with Crippen molar-refractivity contribution in [3.8, 4) is 5.75 Å². The highest BCUT2D eigenvalue weighted by Gasteiger charge is 2.14. The van der Waals surface area contributed by atoms with Gasteiger partial charge in [-0.25, -0.2) is 4.39 Å². The fraction of sp³-hybridized carbons (Fsp3) is 0.409. The lowest BCUT2D eigenvalue weighted by Gasteiger charge is -2.22. The van der Waals surface area contributed by atoms with Crippen molar-refractivity contribution in [1.82, 2.24) is 10.6 Å². The van der Waals surface area contributed by atoms with Crippen LogP contribution in [0.3, 0.4) is 0 Å². The van der Waals surface area contributed by atoms with Crippen molar-refractivity contribution in [2.24, 2.45) is 4.99 Å². The summed E-state index contributed by atoms with van der Waals surface area (Å²) >= 11 is 0. The molecule has 1 aliphatic rings. The Hall–Kier alpha value is -2.03. The van der Waals surface area contributed by atoms with Crippen LogP contribution in [0.2, 0.25) is 0 Å². The number of methoxy groups -OCH3 is 1. The van der Waals surface area contributed by atoms with Crippen molar-refractivity contribution in [1.29, 1.82) is 0 Å². The molecule has 29 heavy (non-hydrogen) atoms. The average molecular weight is 512 g/mol. The van der Waals surface area contributed by atoms with Gasteiger partial charge in [-0.3, -0.25) is 4.99 Å². The van der Waals surface area contributed by atoms with Gasteiger partial charge in [0, 0.05) is 32.4 Å². The first-order valence-electron chi connectivity index (χ1n) is 9.75. The summed E-state index contributed by atoms with van der Waals surface area (Å²) in [6.45, 7) is 4.85. The number of benzene rings is 2. The van der Waals surface area contributed by atoms with E-state index in [-0.39, 0.29) is 41.6 Å². The molecule has 2 aromatic carbocycles. The monoisotopic (exact) mass is 512 g/mol. The summed E-state index contributed by atoms with van der Waals surface area (Å²) in [7, 11) is 3.19. The highest BCUT2D eigenvalue weighted by Crippen LogP contribution is 2.24. The van der Waals surface area contributed by atoms with Crippen LogP contribution in [0, 0.1) is 5.82 Å². The zero-order chi connectivity index (χ0) is 19.9. The van der Waals surface area contributed by atoms with Crippen molar-refractivity contribution in [2.45, 2.75) is 32.4 Å². The van der Waals surface area contributed by atoms with E-state index in [1.807, 2.05) is 6.07 Å². The number of halogens is 2. The number of rotatable bonds is 6. The number of anilines is 1. The molecule has 1 fully saturated rings. The smallest absolute Gasteiger partial charge is 0.191 e. The van der Waals surface area contributed by atoms with Gasteiger partial charge in [0.25, 0.3) is 0 Å². The molecule has 0 spiro atoms. The summed E-state index contributed by atoms with van der Waals surface area (Å²) in [6.07, 6.45) is 2.53. The second-order valence-corrected chi connectivity index (χ2v) is 7.05. The minimum atomic E-state index is -0.364. The van der Waals surface area contributed by atoms with E-state index in [0.29, 0.717) is 12.5 Å². The molecule has 2 N–H and O–H groups in total. The van der Waals surface area contributed by atoms with Gasteiger partial charge in [-0.2, -0.15) is 0 Å². The van der Waals surface area contributed by atoms with Crippen LogP contribution < -0.4 is 20.3 Å². The van der Waals surface area contributed by atoms with Crippen molar-refractivity contribution < 1.29 is 9.13 Å². The van der Waals surface area contributed by atoms with Crippen LogP contribution >= 0.6 is 24.0 Å².